The molecule has 1 aliphatic rings. The first kappa shape index (κ1) is 20.7. The van der Waals surface area contributed by atoms with Crippen LogP contribution in [0.5, 0.6) is 11.5 Å². The summed E-state index contributed by atoms with van der Waals surface area (Å²) in [6, 6.07) is 15.0. The van der Waals surface area contributed by atoms with Crippen molar-refractivity contribution in [1.82, 2.24) is 4.90 Å². The number of rotatable bonds is 8. The number of halogens is 1. The molecule has 1 fully saturated rings. The first-order valence-electron chi connectivity index (χ1n) is 8.94. The van der Waals surface area contributed by atoms with E-state index in [1.165, 1.54) is 11.8 Å². The van der Waals surface area contributed by atoms with E-state index in [4.69, 9.17) is 33.3 Å². The molecule has 0 bridgehead atoms. The molecule has 4 nitrogen and oxygen atoms in total. The molecular formula is C21H20ClNO3S2. The Morgan fingerprint density at radius 3 is 2.68 bits per heavy atom. The minimum atomic E-state index is -0.0412. The third-order valence-corrected chi connectivity index (χ3v) is 5.69. The second-order valence-electron chi connectivity index (χ2n) is 5.98. The molecule has 2 aromatic rings. The number of likely N-dealkylation sites (N-methyl/N-ethyl adjacent to an activating group) is 1. The molecule has 2 aromatic carbocycles. The van der Waals surface area contributed by atoms with Crippen LogP contribution in [0, 0.1) is 0 Å². The Labute approximate surface area is 179 Å². The highest BCUT2D eigenvalue weighted by molar-refractivity contribution is 8.26. The van der Waals surface area contributed by atoms with Crippen molar-refractivity contribution in [2.45, 2.75) is 13.3 Å². The van der Waals surface area contributed by atoms with Crippen LogP contribution < -0.4 is 9.47 Å². The highest BCUT2D eigenvalue weighted by atomic mass is 35.5. The highest BCUT2D eigenvalue weighted by Crippen LogP contribution is 2.32. The van der Waals surface area contributed by atoms with Crippen LogP contribution in [0.1, 0.15) is 18.9 Å². The van der Waals surface area contributed by atoms with Gasteiger partial charge in [0.05, 0.1) is 23.1 Å². The zero-order chi connectivity index (χ0) is 19.9. The van der Waals surface area contributed by atoms with E-state index >= 15 is 0 Å². The minimum Gasteiger partial charge on any atom is -0.493 e. The van der Waals surface area contributed by atoms with Crippen molar-refractivity contribution >= 4 is 51.9 Å². The minimum absolute atomic E-state index is 0.0412. The average molecular weight is 434 g/mol. The number of ether oxygens (including phenoxy) is 2. The smallest absolute Gasteiger partial charge is 0.266 e. The monoisotopic (exact) mass is 433 g/mol. The Balaban J connectivity index is 1.51. The van der Waals surface area contributed by atoms with Gasteiger partial charge in [-0.15, -0.1) is 0 Å². The summed E-state index contributed by atoms with van der Waals surface area (Å²) in [6.45, 7) is 3.54. The summed E-state index contributed by atoms with van der Waals surface area (Å²) >= 11 is 12.6. The molecule has 0 radical (unpaired) electrons. The van der Waals surface area contributed by atoms with Gasteiger partial charge in [0, 0.05) is 13.0 Å². The lowest BCUT2D eigenvalue weighted by molar-refractivity contribution is -0.121. The Morgan fingerprint density at radius 1 is 1.14 bits per heavy atom. The lowest BCUT2D eigenvalue weighted by Gasteiger charge is -2.10. The molecule has 3 rings (SSSR count). The third-order valence-electron chi connectivity index (χ3n) is 4.00. The fourth-order valence-electron chi connectivity index (χ4n) is 2.61. The van der Waals surface area contributed by atoms with Crippen LogP contribution >= 0.6 is 35.6 Å². The van der Waals surface area contributed by atoms with Crippen LogP contribution in [-0.2, 0) is 4.79 Å². The number of benzene rings is 2. The Bertz CT molecular complexity index is 901. The van der Waals surface area contributed by atoms with E-state index in [2.05, 4.69) is 0 Å². The number of carbonyl (C=O) groups excluding carboxylic acids is 1. The van der Waals surface area contributed by atoms with Gasteiger partial charge in [-0.25, -0.2) is 0 Å². The Morgan fingerprint density at radius 2 is 1.93 bits per heavy atom. The van der Waals surface area contributed by atoms with Crippen molar-refractivity contribution < 1.29 is 14.3 Å². The summed E-state index contributed by atoms with van der Waals surface area (Å²) in [6.07, 6.45) is 2.58. The fourth-order valence-corrected chi connectivity index (χ4v) is 4.19. The summed E-state index contributed by atoms with van der Waals surface area (Å²) in [5.41, 5.74) is 0.904. The molecule has 1 heterocycles. The van der Waals surface area contributed by atoms with E-state index in [-0.39, 0.29) is 5.91 Å². The first-order chi connectivity index (χ1) is 13.6. The SMILES string of the molecule is CCN1C(=O)/C(=C/c2cccc(OCCCOc3ccccc3Cl)c2)SC1=S. The number of thiocarbonyl (C=S) groups is 1. The molecule has 1 aliphatic heterocycles. The number of hydrogen-bond acceptors (Lipinski definition) is 5. The standard InChI is InChI=1S/C21H20ClNO3S2/c1-2-23-20(24)19(28-21(23)27)14-15-7-5-8-16(13-15)25-11-6-12-26-18-10-4-3-9-17(18)22/h3-5,7-10,13-14H,2,6,11-12H2,1H3/b19-14-. The summed E-state index contributed by atoms with van der Waals surface area (Å²) in [4.78, 5) is 14.6. The van der Waals surface area contributed by atoms with Gasteiger partial charge < -0.3 is 9.47 Å². The van der Waals surface area contributed by atoms with Crippen molar-refractivity contribution in [3.63, 3.8) is 0 Å². The molecule has 146 valence electrons. The van der Waals surface area contributed by atoms with Gasteiger partial charge in [-0.3, -0.25) is 9.69 Å². The molecule has 7 heteroatoms. The Kier molecular flexibility index (Phi) is 7.36. The summed E-state index contributed by atoms with van der Waals surface area (Å²) in [5, 5.41) is 0.601. The van der Waals surface area contributed by atoms with Crippen molar-refractivity contribution in [1.29, 1.82) is 0 Å². The highest BCUT2D eigenvalue weighted by Gasteiger charge is 2.30. The number of para-hydroxylation sites is 1. The maximum atomic E-state index is 12.3. The number of hydrogen-bond donors (Lipinski definition) is 0. The number of nitrogens with zero attached hydrogens (tertiary/aromatic N) is 1. The van der Waals surface area contributed by atoms with Crippen molar-refractivity contribution in [2.24, 2.45) is 0 Å². The molecule has 1 saturated heterocycles. The van der Waals surface area contributed by atoms with Crippen LogP contribution in [0.2, 0.25) is 5.02 Å². The van der Waals surface area contributed by atoms with Crippen molar-refractivity contribution in [2.75, 3.05) is 19.8 Å². The molecule has 28 heavy (non-hydrogen) atoms. The van der Waals surface area contributed by atoms with Gasteiger partial charge in [-0.1, -0.05) is 59.8 Å². The molecule has 0 atom stereocenters. The van der Waals surface area contributed by atoms with Crippen molar-refractivity contribution in [3.05, 3.63) is 64.0 Å². The maximum Gasteiger partial charge on any atom is 0.266 e. The predicted octanol–water partition coefficient (Wildman–Crippen LogP) is 5.41. The zero-order valence-electron chi connectivity index (χ0n) is 15.4. The summed E-state index contributed by atoms with van der Waals surface area (Å²) in [5.74, 6) is 1.38. The molecule has 1 amide bonds. The van der Waals surface area contributed by atoms with Crippen molar-refractivity contribution in [3.8, 4) is 11.5 Å². The second-order valence-corrected chi connectivity index (χ2v) is 8.06. The van der Waals surface area contributed by atoms with E-state index in [0.717, 1.165) is 17.7 Å². The van der Waals surface area contributed by atoms with Gasteiger partial charge in [-0.2, -0.15) is 0 Å². The quantitative estimate of drug-likeness (QED) is 0.316. The summed E-state index contributed by atoms with van der Waals surface area (Å²) < 4.78 is 12.1. The van der Waals surface area contributed by atoms with Crippen LogP contribution in [0.25, 0.3) is 6.08 Å². The molecule has 0 unspecified atom stereocenters. The summed E-state index contributed by atoms with van der Waals surface area (Å²) in [7, 11) is 0. The van der Waals surface area contributed by atoms with E-state index in [1.807, 2.05) is 55.5 Å². The van der Waals surface area contributed by atoms with E-state index in [0.29, 0.717) is 39.8 Å². The lowest BCUT2D eigenvalue weighted by Crippen LogP contribution is -2.27. The van der Waals surface area contributed by atoms with E-state index in [9.17, 15) is 4.79 Å². The predicted molar refractivity (Wildman–Crippen MR) is 119 cm³/mol. The molecule has 0 saturated carbocycles. The molecule has 0 aliphatic carbocycles. The average Bonchev–Trinajstić information content (AvgIpc) is 2.96. The number of carbonyl (C=O) groups is 1. The number of thioether (sulfide) groups is 1. The van der Waals surface area contributed by atoms with Crippen LogP contribution in [-0.4, -0.2) is 34.9 Å². The van der Waals surface area contributed by atoms with E-state index in [1.54, 1.807) is 11.0 Å². The van der Waals surface area contributed by atoms with Gasteiger partial charge in [0.2, 0.25) is 0 Å². The van der Waals surface area contributed by atoms with Gasteiger partial charge in [0.1, 0.15) is 15.8 Å². The van der Waals surface area contributed by atoms with Gasteiger partial charge in [0.25, 0.3) is 5.91 Å². The normalized spacial score (nSPS) is 15.4. The van der Waals surface area contributed by atoms with Gasteiger partial charge >= 0.3 is 0 Å². The topological polar surface area (TPSA) is 38.8 Å². The number of amides is 1. The second kappa shape index (κ2) is 9.96. The molecule has 0 aromatic heterocycles. The lowest BCUT2D eigenvalue weighted by atomic mass is 10.2. The Hall–Kier alpha value is -2.02. The molecular weight excluding hydrogens is 414 g/mol. The van der Waals surface area contributed by atoms with Crippen LogP contribution in [0.4, 0.5) is 0 Å². The maximum absolute atomic E-state index is 12.3. The molecule has 0 N–H and O–H groups in total. The largest absolute Gasteiger partial charge is 0.493 e. The third kappa shape index (κ3) is 5.28. The van der Waals surface area contributed by atoms with Crippen LogP contribution in [0.3, 0.4) is 0 Å². The van der Waals surface area contributed by atoms with Gasteiger partial charge in [-0.05, 0) is 42.8 Å². The zero-order valence-corrected chi connectivity index (χ0v) is 17.8. The first-order valence-corrected chi connectivity index (χ1v) is 10.5. The van der Waals surface area contributed by atoms with Crippen LogP contribution in [0.15, 0.2) is 53.4 Å². The fraction of sp³-hybridized carbons (Fsp3) is 0.238. The molecule has 0 spiro atoms. The van der Waals surface area contributed by atoms with Gasteiger partial charge in [0.15, 0.2) is 0 Å². The van der Waals surface area contributed by atoms with E-state index < -0.39 is 0 Å².